The first kappa shape index (κ1) is 13.4. The zero-order valence-electron chi connectivity index (χ0n) is 11.2. The summed E-state index contributed by atoms with van der Waals surface area (Å²) in [5.41, 5.74) is 1.86. The first-order chi connectivity index (χ1) is 9.24. The maximum Gasteiger partial charge on any atom is 0.124 e. The van der Waals surface area contributed by atoms with E-state index in [1.165, 1.54) is 0 Å². The predicted octanol–water partition coefficient (Wildman–Crippen LogP) is 2.98. The fraction of sp³-hybridized carbons (Fsp3) is 0.250. The third-order valence-electron chi connectivity index (χ3n) is 3.09. The molecule has 1 N–H and O–H groups in total. The van der Waals surface area contributed by atoms with Crippen molar-refractivity contribution in [1.29, 1.82) is 0 Å². The van der Waals surface area contributed by atoms with Gasteiger partial charge in [0.25, 0.3) is 0 Å². The van der Waals surface area contributed by atoms with Gasteiger partial charge in [-0.25, -0.2) is 0 Å². The van der Waals surface area contributed by atoms with Gasteiger partial charge >= 0.3 is 0 Å². The van der Waals surface area contributed by atoms with Crippen LogP contribution in [0.3, 0.4) is 0 Å². The van der Waals surface area contributed by atoms with Crippen LogP contribution in [-0.4, -0.2) is 19.3 Å². The molecule has 3 heteroatoms. The molecule has 1 unspecified atom stereocenters. The van der Waals surface area contributed by atoms with Crippen molar-refractivity contribution in [3.63, 3.8) is 0 Å². The number of methoxy groups -OCH3 is 2. The quantitative estimate of drug-likeness (QED) is 0.896. The van der Waals surface area contributed by atoms with Crippen molar-refractivity contribution in [2.75, 3.05) is 14.2 Å². The van der Waals surface area contributed by atoms with Crippen LogP contribution < -0.4 is 9.47 Å². The molecule has 2 rings (SSSR count). The van der Waals surface area contributed by atoms with Crippen molar-refractivity contribution < 1.29 is 14.6 Å². The fourth-order valence-electron chi connectivity index (χ4n) is 2.04. The van der Waals surface area contributed by atoms with Gasteiger partial charge in [-0.15, -0.1) is 0 Å². The lowest BCUT2D eigenvalue weighted by Crippen LogP contribution is -2.04. The SMILES string of the molecule is COc1ccc(CC(O)c2ccccc2OC)cc1. The maximum atomic E-state index is 10.3. The summed E-state index contributed by atoms with van der Waals surface area (Å²) in [6, 6.07) is 15.2. The van der Waals surface area contributed by atoms with E-state index in [0.717, 1.165) is 16.9 Å². The number of aliphatic hydroxyl groups excluding tert-OH is 1. The standard InChI is InChI=1S/C16H18O3/c1-18-13-9-7-12(8-10-13)11-15(17)14-5-3-4-6-16(14)19-2/h3-10,15,17H,11H2,1-2H3. The number of ether oxygens (including phenoxy) is 2. The van der Waals surface area contributed by atoms with E-state index in [-0.39, 0.29) is 0 Å². The molecule has 0 aliphatic rings. The molecule has 3 nitrogen and oxygen atoms in total. The monoisotopic (exact) mass is 258 g/mol. The van der Waals surface area contributed by atoms with E-state index in [9.17, 15) is 5.11 Å². The Bertz CT molecular complexity index is 520. The molecule has 100 valence electrons. The summed E-state index contributed by atoms with van der Waals surface area (Å²) in [4.78, 5) is 0. The molecular weight excluding hydrogens is 240 g/mol. The Balaban J connectivity index is 2.13. The van der Waals surface area contributed by atoms with E-state index < -0.39 is 6.10 Å². The highest BCUT2D eigenvalue weighted by atomic mass is 16.5. The van der Waals surface area contributed by atoms with Crippen LogP contribution in [-0.2, 0) is 6.42 Å². The Kier molecular flexibility index (Phi) is 4.42. The number of rotatable bonds is 5. The minimum atomic E-state index is -0.579. The predicted molar refractivity (Wildman–Crippen MR) is 74.7 cm³/mol. The van der Waals surface area contributed by atoms with Crippen LogP contribution in [0.2, 0.25) is 0 Å². The second-order valence-electron chi connectivity index (χ2n) is 4.31. The number of benzene rings is 2. The molecule has 0 saturated carbocycles. The van der Waals surface area contributed by atoms with Crippen molar-refractivity contribution in [3.05, 3.63) is 59.7 Å². The van der Waals surface area contributed by atoms with Crippen LogP contribution in [0.25, 0.3) is 0 Å². The third kappa shape index (κ3) is 3.26. The Hall–Kier alpha value is -2.00. The molecule has 0 amide bonds. The van der Waals surface area contributed by atoms with Gasteiger partial charge in [-0.05, 0) is 23.8 Å². The van der Waals surface area contributed by atoms with Gasteiger partial charge in [0, 0.05) is 12.0 Å². The van der Waals surface area contributed by atoms with Crippen molar-refractivity contribution in [2.24, 2.45) is 0 Å². The van der Waals surface area contributed by atoms with Crippen LogP contribution in [0.1, 0.15) is 17.2 Å². The van der Waals surface area contributed by atoms with E-state index in [4.69, 9.17) is 9.47 Å². The Morgan fingerprint density at radius 1 is 0.947 bits per heavy atom. The number of hydrogen-bond donors (Lipinski definition) is 1. The first-order valence-electron chi connectivity index (χ1n) is 6.18. The second-order valence-corrected chi connectivity index (χ2v) is 4.31. The lowest BCUT2D eigenvalue weighted by Gasteiger charge is -2.14. The van der Waals surface area contributed by atoms with Crippen molar-refractivity contribution >= 4 is 0 Å². The van der Waals surface area contributed by atoms with E-state index in [2.05, 4.69) is 0 Å². The highest BCUT2D eigenvalue weighted by Gasteiger charge is 2.13. The number of aliphatic hydroxyl groups is 1. The molecule has 0 radical (unpaired) electrons. The summed E-state index contributed by atoms with van der Waals surface area (Å²) in [6.45, 7) is 0. The smallest absolute Gasteiger partial charge is 0.124 e. The summed E-state index contributed by atoms with van der Waals surface area (Å²) in [5, 5.41) is 10.3. The van der Waals surface area contributed by atoms with Crippen molar-refractivity contribution in [3.8, 4) is 11.5 Å². The summed E-state index contributed by atoms with van der Waals surface area (Å²) >= 11 is 0. The van der Waals surface area contributed by atoms with E-state index in [0.29, 0.717) is 12.2 Å². The minimum Gasteiger partial charge on any atom is -0.497 e. The van der Waals surface area contributed by atoms with Crippen LogP contribution in [0.15, 0.2) is 48.5 Å². The molecule has 0 fully saturated rings. The van der Waals surface area contributed by atoms with Crippen molar-refractivity contribution in [2.45, 2.75) is 12.5 Å². The summed E-state index contributed by atoms with van der Waals surface area (Å²) < 4.78 is 10.4. The average molecular weight is 258 g/mol. The van der Waals surface area contributed by atoms with E-state index in [1.807, 2.05) is 48.5 Å². The highest BCUT2D eigenvalue weighted by Crippen LogP contribution is 2.27. The van der Waals surface area contributed by atoms with Crippen LogP contribution >= 0.6 is 0 Å². The van der Waals surface area contributed by atoms with Gasteiger partial charge in [0.2, 0.25) is 0 Å². The molecule has 0 aromatic heterocycles. The summed E-state index contributed by atoms with van der Waals surface area (Å²) in [5.74, 6) is 1.53. The van der Waals surface area contributed by atoms with Gasteiger partial charge in [-0.1, -0.05) is 30.3 Å². The Morgan fingerprint density at radius 3 is 2.26 bits per heavy atom. The molecule has 0 spiro atoms. The maximum absolute atomic E-state index is 10.3. The van der Waals surface area contributed by atoms with E-state index >= 15 is 0 Å². The first-order valence-corrected chi connectivity index (χ1v) is 6.18. The molecule has 0 heterocycles. The molecule has 0 bridgehead atoms. The Labute approximate surface area is 113 Å². The normalized spacial score (nSPS) is 11.9. The lowest BCUT2D eigenvalue weighted by atomic mass is 10.0. The minimum absolute atomic E-state index is 0.546. The van der Waals surface area contributed by atoms with E-state index in [1.54, 1.807) is 14.2 Å². The van der Waals surface area contributed by atoms with Gasteiger partial charge in [-0.2, -0.15) is 0 Å². The van der Waals surface area contributed by atoms with Crippen molar-refractivity contribution in [1.82, 2.24) is 0 Å². The third-order valence-corrected chi connectivity index (χ3v) is 3.09. The largest absolute Gasteiger partial charge is 0.497 e. The number of hydrogen-bond acceptors (Lipinski definition) is 3. The fourth-order valence-corrected chi connectivity index (χ4v) is 2.04. The van der Waals surface area contributed by atoms with Gasteiger partial charge < -0.3 is 14.6 Å². The molecule has 2 aromatic carbocycles. The summed E-state index contributed by atoms with van der Waals surface area (Å²) in [7, 11) is 3.25. The molecule has 1 atom stereocenters. The van der Waals surface area contributed by atoms with Gasteiger partial charge in [-0.3, -0.25) is 0 Å². The average Bonchev–Trinajstić information content (AvgIpc) is 2.48. The number of para-hydroxylation sites is 1. The van der Waals surface area contributed by atoms with Crippen LogP contribution in [0, 0.1) is 0 Å². The topological polar surface area (TPSA) is 38.7 Å². The molecule has 0 aliphatic heterocycles. The molecule has 0 aliphatic carbocycles. The molecule has 19 heavy (non-hydrogen) atoms. The molecule has 2 aromatic rings. The Morgan fingerprint density at radius 2 is 1.63 bits per heavy atom. The zero-order valence-corrected chi connectivity index (χ0v) is 11.2. The van der Waals surface area contributed by atoms with Gasteiger partial charge in [0.05, 0.1) is 20.3 Å². The van der Waals surface area contributed by atoms with Gasteiger partial charge in [0.1, 0.15) is 11.5 Å². The van der Waals surface area contributed by atoms with Crippen LogP contribution in [0.5, 0.6) is 11.5 Å². The van der Waals surface area contributed by atoms with Crippen LogP contribution in [0.4, 0.5) is 0 Å². The zero-order chi connectivity index (χ0) is 13.7. The molecule has 0 saturated heterocycles. The molecular formula is C16H18O3. The lowest BCUT2D eigenvalue weighted by molar-refractivity contribution is 0.174. The highest BCUT2D eigenvalue weighted by molar-refractivity contribution is 5.36. The van der Waals surface area contributed by atoms with Gasteiger partial charge in [0.15, 0.2) is 0 Å². The second kappa shape index (κ2) is 6.25. The summed E-state index contributed by atoms with van der Waals surface area (Å²) in [6.07, 6.45) is -0.0331.